The van der Waals surface area contributed by atoms with E-state index < -0.39 is 20.5 Å². The van der Waals surface area contributed by atoms with Gasteiger partial charge in [-0.25, -0.2) is 9.59 Å². The summed E-state index contributed by atoms with van der Waals surface area (Å²) in [5.41, 5.74) is 0. The Labute approximate surface area is 142 Å². The summed E-state index contributed by atoms with van der Waals surface area (Å²) in [6, 6.07) is 9.51. The molecule has 0 saturated carbocycles. The van der Waals surface area contributed by atoms with Crippen LogP contribution in [0.5, 0.6) is 0 Å². The highest BCUT2D eigenvalue weighted by molar-refractivity contribution is 6.79. The van der Waals surface area contributed by atoms with Gasteiger partial charge in [-0.15, -0.1) is 0 Å². The van der Waals surface area contributed by atoms with E-state index in [0.717, 1.165) is 17.3 Å². The van der Waals surface area contributed by atoms with Crippen LogP contribution in [0.2, 0.25) is 6.55 Å². The summed E-state index contributed by atoms with van der Waals surface area (Å²) in [6.07, 6.45) is 2.19. The molecule has 24 heavy (non-hydrogen) atoms. The number of benzene rings is 1. The lowest BCUT2D eigenvalue weighted by Crippen LogP contribution is -2.52. The van der Waals surface area contributed by atoms with Crippen LogP contribution in [0, 0.1) is 0 Å². The Morgan fingerprint density at radius 2 is 1.38 bits per heavy atom. The number of ether oxygens (including phenoxy) is 2. The maximum Gasteiger partial charge on any atom is 0.369 e. The van der Waals surface area contributed by atoms with E-state index in [2.05, 4.69) is 13.2 Å². The second-order valence-corrected chi connectivity index (χ2v) is 7.80. The Morgan fingerprint density at radius 1 is 0.917 bits per heavy atom. The van der Waals surface area contributed by atoms with Crippen LogP contribution in [-0.2, 0) is 27.9 Å². The molecule has 0 bridgehead atoms. The molecule has 0 N–H and O–H groups in total. The van der Waals surface area contributed by atoms with Crippen molar-refractivity contribution in [2.75, 3.05) is 26.4 Å². The average Bonchev–Trinajstić information content (AvgIpc) is 2.62. The number of hydrogen-bond acceptors (Lipinski definition) is 6. The molecule has 0 fully saturated rings. The smallest absolute Gasteiger partial charge is 0.369 e. The normalized spacial score (nSPS) is 10.7. The number of esters is 2. The predicted molar refractivity (Wildman–Crippen MR) is 91.9 cm³/mol. The van der Waals surface area contributed by atoms with Crippen molar-refractivity contribution in [3.05, 3.63) is 55.6 Å². The number of hydrogen-bond donors (Lipinski definition) is 0. The highest BCUT2D eigenvalue weighted by Crippen LogP contribution is 2.08. The van der Waals surface area contributed by atoms with Crippen molar-refractivity contribution < 1.29 is 27.9 Å². The van der Waals surface area contributed by atoms with Crippen molar-refractivity contribution in [3.8, 4) is 0 Å². The molecule has 6 nitrogen and oxygen atoms in total. The Bertz CT molecular complexity index is 529. The van der Waals surface area contributed by atoms with Crippen LogP contribution < -0.4 is 5.19 Å². The van der Waals surface area contributed by atoms with E-state index in [4.69, 9.17) is 18.3 Å². The highest BCUT2D eigenvalue weighted by Gasteiger charge is 2.34. The van der Waals surface area contributed by atoms with E-state index in [0.29, 0.717) is 0 Å². The Balaban J connectivity index is 2.59. The SMILES string of the molecule is C=CC(=O)OCCO[Si](C)(OCCOC(=O)C=C)c1ccccc1. The Morgan fingerprint density at radius 3 is 1.79 bits per heavy atom. The van der Waals surface area contributed by atoms with Crippen molar-refractivity contribution >= 4 is 25.7 Å². The molecule has 0 amide bonds. The molecular formula is C17H22O6Si. The lowest BCUT2D eigenvalue weighted by molar-refractivity contribution is -0.139. The molecule has 0 radical (unpaired) electrons. The average molecular weight is 350 g/mol. The largest absolute Gasteiger partial charge is 0.460 e. The van der Waals surface area contributed by atoms with Gasteiger partial charge in [0.1, 0.15) is 13.2 Å². The van der Waals surface area contributed by atoms with Gasteiger partial charge in [-0.2, -0.15) is 0 Å². The third-order valence-corrected chi connectivity index (χ3v) is 5.93. The minimum atomic E-state index is -2.72. The van der Waals surface area contributed by atoms with E-state index in [9.17, 15) is 9.59 Å². The first-order chi connectivity index (χ1) is 11.5. The summed E-state index contributed by atoms with van der Waals surface area (Å²) >= 11 is 0. The summed E-state index contributed by atoms with van der Waals surface area (Å²) in [5.74, 6) is -1.00. The van der Waals surface area contributed by atoms with Gasteiger partial charge >= 0.3 is 20.5 Å². The predicted octanol–water partition coefficient (Wildman–Crippen LogP) is 1.46. The van der Waals surface area contributed by atoms with Crippen LogP contribution in [0.3, 0.4) is 0 Å². The molecule has 0 unspecified atom stereocenters. The van der Waals surface area contributed by atoms with Gasteiger partial charge in [0.2, 0.25) is 0 Å². The Hall–Kier alpha value is -2.22. The first-order valence-corrected chi connectivity index (χ1v) is 9.75. The fourth-order valence-electron chi connectivity index (χ4n) is 1.82. The van der Waals surface area contributed by atoms with Gasteiger partial charge < -0.3 is 18.3 Å². The first-order valence-electron chi connectivity index (χ1n) is 7.43. The van der Waals surface area contributed by atoms with Crippen LogP contribution in [0.15, 0.2) is 55.6 Å². The van der Waals surface area contributed by atoms with Crippen LogP contribution in [0.4, 0.5) is 0 Å². The first kappa shape index (κ1) is 19.8. The minimum absolute atomic E-state index is 0.106. The maximum absolute atomic E-state index is 11.0. The Kier molecular flexibility index (Phi) is 8.70. The molecule has 1 rings (SSSR count). The molecule has 0 aliphatic carbocycles. The zero-order valence-corrected chi connectivity index (χ0v) is 14.7. The number of rotatable bonds is 11. The second-order valence-electron chi connectivity index (χ2n) is 4.75. The molecular weight excluding hydrogens is 328 g/mol. The fraction of sp³-hybridized carbons (Fsp3) is 0.294. The van der Waals surface area contributed by atoms with Crippen molar-refractivity contribution in [3.63, 3.8) is 0 Å². The standard InChI is InChI=1S/C17H22O6Si/c1-4-16(18)20-11-13-22-24(3,15-9-7-6-8-10-15)23-14-12-21-17(19)5-2/h4-10H,1-2,11-14H2,3H3. The maximum atomic E-state index is 11.0. The number of carbonyl (C=O) groups excluding carboxylic acids is 2. The van der Waals surface area contributed by atoms with E-state index in [-0.39, 0.29) is 26.4 Å². The van der Waals surface area contributed by atoms with Crippen molar-refractivity contribution in [2.45, 2.75) is 6.55 Å². The van der Waals surface area contributed by atoms with Crippen molar-refractivity contribution in [1.29, 1.82) is 0 Å². The summed E-state index contributed by atoms with van der Waals surface area (Å²) in [6.45, 7) is 9.14. The van der Waals surface area contributed by atoms with Gasteiger partial charge in [-0.05, 0) is 11.7 Å². The third kappa shape index (κ3) is 6.91. The topological polar surface area (TPSA) is 71.1 Å². The zero-order valence-electron chi connectivity index (χ0n) is 13.7. The molecule has 0 spiro atoms. The van der Waals surface area contributed by atoms with Crippen LogP contribution in [0.25, 0.3) is 0 Å². The quantitative estimate of drug-likeness (QED) is 0.260. The fourth-order valence-corrected chi connectivity index (χ4v) is 3.98. The molecule has 130 valence electrons. The third-order valence-electron chi connectivity index (χ3n) is 3.04. The van der Waals surface area contributed by atoms with Crippen LogP contribution >= 0.6 is 0 Å². The molecule has 0 atom stereocenters. The summed E-state index contributed by atoms with van der Waals surface area (Å²) in [4.78, 5) is 22.1. The van der Waals surface area contributed by atoms with E-state index in [1.165, 1.54) is 0 Å². The zero-order chi connectivity index (χ0) is 17.8. The van der Waals surface area contributed by atoms with Gasteiger partial charge in [-0.3, -0.25) is 0 Å². The lowest BCUT2D eigenvalue weighted by atomic mass is 10.4. The summed E-state index contributed by atoms with van der Waals surface area (Å²) in [7, 11) is -2.72. The molecule has 1 aromatic carbocycles. The molecule has 0 saturated heterocycles. The van der Waals surface area contributed by atoms with E-state index in [1.54, 1.807) is 0 Å². The second kappa shape index (κ2) is 10.5. The monoisotopic (exact) mass is 350 g/mol. The van der Waals surface area contributed by atoms with Gasteiger partial charge in [0.15, 0.2) is 0 Å². The molecule has 0 aromatic heterocycles. The highest BCUT2D eigenvalue weighted by atomic mass is 28.4. The molecule has 1 aromatic rings. The van der Waals surface area contributed by atoms with Gasteiger partial charge in [-0.1, -0.05) is 43.5 Å². The number of carbonyl (C=O) groups is 2. The van der Waals surface area contributed by atoms with Crippen LogP contribution in [0.1, 0.15) is 0 Å². The minimum Gasteiger partial charge on any atom is -0.460 e. The lowest BCUT2D eigenvalue weighted by Gasteiger charge is -2.27. The van der Waals surface area contributed by atoms with Crippen molar-refractivity contribution in [1.82, 2.24) is 0 Å². The molecule has 0 heterocycles. The molecule has 0 aliphatic heterocycles. The van der Waals surface area contributed by atoms with Crippen LogP contribution in [-0.4, -0.2) is 46.9 Å². The summed E-state index contributed by atoms with van der Waals surface area (Å²) < 4.78 is 21.6. The van der Waals surface area contributed by atoms with Gasteiger partial charge in [0.25, 0.3) is 0 Å². The van der Waals surface area contributed by atoms with Gasteiger partial charge in [0, 0.05) is 12.2 Å². The summed E-state index contributed by atoms with van der Waals surface area (Å²) in [5, 5.41) is 0.926. The van der Waals surface area contributed by atoms with Gasteiger partial charge in [0.05, 0.1) is 13.2 Å². The van der Waals surface area contributed by atoms with E-state index in [1.807, 2.05) is 36.9 Å². The molecule has 7 heteroatoms. The van der Waals surface area contributed by atoms with Crippen molar-refractivity contribution in [2.24, 2.45) is 0 Å². The van der Waals surface area contributed by atoms with E-state index >= 15 is 0 Å². The molecule has 0 aliphatic rings.